The second kappa shape index (κ2) is 8.41. The second-order valence-electron chi connectivity index (χ2n) is 3.94. The Morgan fingerprint density at radius 2 is 1.76 bits per heavy atom. The second-order valence-corrected chi connectivity index (χ2v) is 3.94. The highest BCUT2D eigenvalue weighted by atomic mass is 16.5. The van der Waals surface area contributed by atoms with Gasteiger partial charge in [-0.05, 0) is 31.2 Å². The summed E-state index contributed by atoms with van der Waals surface area (Å²) in [7, 11) is 0. The number of ether oxygens (including phenoxy) is 1. The lowest BCUT2D eigenvalue weighted by atomic mass is 10.3. The highest BCUT2D eigenvalue weighted by molar-refractivity contribution is 5.92. The smallest absolute Gasteiger partial charge is 0.322 e. The van der Waals surface area contributed by atoms with Crippen molar-refractivity contribution < 1.29 is 24.2 Å². The largest absolute Gasteiger partial charge is 0.494 e. The van der Waals surface area contributed by atoms with Crippen LogP contribution in [0.2, 0.25) is 0 Å². The molecular weight excluding hydrogens is 278 g/mol. The van der Waals surface area contributed by atoms with E-state index < -0.39 is 24.5 Å². The van der Waals surface area contributed by atoms with Crippen molar-refractivity contribution in [1.29, 1.82) is 0 Å². The molecule has 0 heterocycles. The van der Waals surface area contributed by atoms with Crippen molar-refractivity contribution in [1.82, 2.24) is 10.6 Å². The molecule has 0 saturated carbocycles. The molecule has 0 saturated heterocycles. The first-order valence-corrected chi connectivity index (χ1v) is 6.27. The third kappa shape index (κ3) is 6.81. The standard InChI is InChI=1S/C13H17N3O5/c1-2-21-10-5-3-9(4-6-10)16-13(20)15-7-11(17)14-8-12(18)19/h3-6H,2,7-8H2,1H3,(H,14,17)(H,18,19)(H2,15,16,20). The molecule has 8 heteroatoms. The Balaban J connectivity index is 2.33. The van der Waals surface area contributed by atoms with Gasteiger partial charge in [0.05, 0.1) is 13.2 Å². The Hall–Kier alpha value is -2.77. The number of anilines is 1. The summed E-state index contributed by atoms with van der Waals surface area (Å²) in [6.45, 7) is 1.63. The first-order valence-electron chi connectivity index (χ1n) is 6.27. The monoisotopic (exact) mass is 295 g/mol. The molecule has 0 atom stereocenters. The van der Waals surface area contributed by atoms with E-state index in [0.717, 1.165) is 0 Å². The maximum absolute atomic E-state index is 11.5. The van der Waals surface area contributed by atoms with Crippen molar-refractivity contribution in [2.75, 3.05) is 25.0 Å². The van der Waals surface area contributed by atoms with Crippen LogP contribution in [-0.2, 0) is 9.59 Å². The lowest BCUT2D eigenvalue weighted by molar-refractivity contribution is -0.137. The average Bonchev–Trinajstić information content (AvgIpc) is 2.45. The summed E-state index contributed by atoms with van der Waals surface area (Å²) in [6, 6.07) is 6.17. The molecular formula is C13H17N3O5. The van der Waals surface area contributed by atoms with Crippen molar-refractivity contribution in [2.45, 2.75) is 6.92 Å². The van der Waals surface area contributed by atoms with Gasteiger partial charge in [-0.2, -0.15) is 0 Å². The molecule has 0 aliphatic heterocycles. The zero-order valence-electron chi connectivity index (χ0n) is 11.5. The topological polar surface area (TPSA) is 117 Å². The summed E-state index contributed by atoms with van der Waals surface area (Å²) < 4.78 is 5.26. The summed E-state index contributed by atoms with van der Waals surface area (Å²) in [5.74, 6) is -1.04. The van der Waals surface area contributed by atoms with Crippen LogP contribution in [0.1, 0.15) is 6.92 Å². The van der Waals surface area contributed by atoms with Crippen LogP contribution in [0.15, 0.2) is 24.3 Å². The summed E-state index contributed by atoms with van der Waals surface area (Å²) >= 11 is 0. The zero-order valence-corrected chi connectivity index (χ0v) is 11.5. The molecule has 1 aromatic rings. The van der Waals surface area contributed by atoms with Gasteiger partial charge in [-0.15, -0.1) is 0 Å². The summed E-state index contributed by atoms with van der Waals surface area (Å²) in [6.07, 6.45) is 0. The number of carboxylic acid groups (broad SMARTS) is 1. The predicted octanol–water partition coefficient (Wildman–Crippen LogP) is 0.408. The molecule has 0 aromatic heterocycles. The van der Waals surface area contributed by atoms with Gasteiger partial charge in [0, 0.05) is 5.69 Å². The first-order chi connectivity index (χ1) is 10.0. The van der Waals surface area contributed by atoms with Gasteiger partial charge < -0.3 is 25.8 Å². The van der Waals surface area contributed by atoms with Gasteiger partial charge in [0.25, 0.3) is 0 Å². The van der Waals surface area contributed by atoms with Gasteiger partial charge in [-0.25, -0.2) is 4.79 Å². The highest BCUT2D eigenvalue weighted by Crippen LogP contribution is 2.15. The van der Waals surface area contributed by atoms with Crippen LogP contribution >= 0.6 is 0 Å². The number of carbonyl (C=O) groups excluding carboxylic acids is 2. The highest BCUT2D eigenvalue weighted by Gasteiger charge is 2.06. The molecule has 0 aliphatic carbocycles. The van der Waals surface area contributed by atoms with Crippen LogP contribution in [0.4, 0.5) is 10.5 Å². The Bertz CT molecular complexity index is 501. The minimum Gasteiger partial charge on any atom is -0.494 e. The fourth-order valence-electron chi connectivity index (χ4n) is 1.37. The normalized spacial score (nSPS) is 9.57. The molecule has 114 valence electrons. The van der Waals surface area contributed by atoms with Crippen LogP contribution in [-0.4, -0.2) is 42.7 Å². The van der Waals surface area contributed by atoms with Gasteiger partial charge in [0.1, 0.15) is 12.3 Å². The van der Waals surface area contributed by atoms with Crippen molar-refractivity contribution in [2.24, 2.45) is 0 Å². The van der Waals surface area contributed by atoms with E-state index in [0.29, 0.717) is 18.0 Å². The fourth-order valence-corrected chi connectivity index (χ4v) is 1.37. The number of carboxylic acids is 1. The molecule has 3 amide bonds. The van der Waals surface area contributed by atoms with Crippen molar-refractivity contribution in [3.8, 4) is 5.75 Å². The number of hydrogen-bond donors (Lipinski definition) is 4. The fraction of sp³-hybridized carbons (Fsp3) is 0.308. The van der Waals surface area contributed by atoms with Crippen molar-refractivity contribution >= 4 is 23.6 Å². The van der Waals surface area contributed by atoms with Crippen LogP contribution < -0.4 is 20.7 Å². The number of benzene rings is 1. The Morgan fingerprint density at radius 3 is 2.33 bits per heavy atom. The number of amides is 3. The molecule has 8 nitrogen and oxygen atoms in total. The minimum absolute atomic E-state index is 0.309. The quantitative estimate of drug-likeness (QED) is 0.581. The van der Waals surface area contributed by atoms with E-state index in [1.165, 1.54) is 0 Å². The number of carbonyl (C=O) groups is 3. The molecule has 4 N–H and O–H groups in total. The average molecular weight is 295 g/mol. The van der Waals surface area contributed by atoms with E-state index in [4.69, 9.17) is 9.84 Å². The minimum atomic E-state index is -1.15. The Morgan fingerprint density at radius 1 is 1.10 bits per heavy atom. The molecule has 21 heavy (non-hydrogen) atoms. The molecule has 1 rings (SSSR count). The molecule has 0 aliphatic rings. The third-order valence-corrected chi connectivity index (χ3v) is 2.27. The van der Waals surface area contributed by atoms with E-state index in [1.54, 1.807) is 24.3 Å². The van der Waals surface area contributed by atoms with Crippen molar-refractivity contribution in [3.63, 3.8) is 0 Å². The molecule has 0 spiro atoms. The Kier molecular flexibility index (Phi) is 6.52. The maximum Gasteiger partial charge on any atom is 0.322 e. The van der Waals surface area contributed by atoms with E-state index in [2.05, 4.69) is 16.0 Å². The van der Waals surface area contributed by atoms with Gasteiger partial charge >= 0.3 is 12.0 Å². The predicted molar refractivity (Wildman–Crippen MR) is 75.3 cm³/mol. The van der Waals surface area contributed by atoms with Gasteiger partial charge in [0.15, 0.2) is 0 Å². The summed E-state index contributed by atoms with van der Waals surface area (Å²) in [4.78, 5) is 32.9. The zero-order chi connectivity index (χ0) is 15.7. The number of hydrogen-bond acceptors (Lipinski definition) is 4. The van der Waals surface area contributed by atoms with E-state index in [9.17, 15) is 14.4 Å². The molecule has 0 fully saturated rings. The van der Waals surface area contributed by atoms with Gasteiger partial charge in [0.2, 0.25) is 5.91 Å². The number of rotatable bonds is 7. The molecule has 0 radical (unpaired) electrons. The van der Waals surface area contributed by atoms with E-state index in [1.807, 2.05) is 6.92 Å². The lowest BCUT2D eigenvalue weighted by Crippen LogP contribution is -2.40. The van der Waals surface area contributed by atoms with E-state index in [-0.39, 0.29) is 6.54 Å². The maximum atomic E-state index is 11.5. The van der Waals surface area contributed by atoms with E-state index >= 15 is 0 Å². The summed E-state index contributed by atoms with van der Waals surface area (Å²) in [5.41, 5.74) is 0.543. The van der Waals surface area contributed by atoms with Crippen molar-refractivity contribution in [3.05, 3.63) is 24.3 Å². The van der Waals surface area contributed by atoms with Crippen LogP contribution in [0.25, 0.3) is 0 Å². The third-order valence-electron chi connectivity index (χ3n) is 2.27. The molecule has 1 aromatic carbocycles. The number of nitrogens with one attached hydrogen (secondary N) is 3. The number of aliphatic carboxylic acids is 1. The molecule has 0 bridgehead atoms. The lowest BCUT2D eigenvalue weighted by Gasteiger charge is -2.08. The Labute approximate surface area is 121 Å². The van der Waals surface area contributed by atoms with Crippen LogP contribution in [0, 0.1) is 0 Å². The van der Waals surface area contributed by atoms with Crippen LogP contribution in [0.5, 0.6) is 5.75 Å². The first kappa shape index (κ1) is 16.3. The van der Waals surface area contributed by atoms with Crippen LogP contribution in [0.3, 0.4) is 0 Å². The SMILES string of the molecule is CCOc1ccc(NC(=O)NCC(=O)NCC(=O)O)cc1. The summed E-state index contributed by atoms with van der Waals surface area (Å²) in [5, 5.41) is 15.3. The van der Waals surface area contributed by atoms with Gasteiger partial charge in [-0.1, -0.05) is 0 Å². The molecule has 0 unspecified atom stereocenters. The van der Waals surface area contributed by atoms with Gasteiger partial charge in [-0.3, -0.25) is 9.59 Å². The number of urea groups is 1.